The highest BCUT2D eigenvalue weighted by Gasteiger charge is 2.29. The van der Waals surface area contributed by atoms with Crippen LogP contribution in [-0.4, -0.2) is 76.7 Å². The third kappa shape index (κ3) is 4.56. The lowest BCUT2D eigenvalue weighted by Crippen LogP contribution is -2.46. The third-order valence-corrected chi connectivity index (χ3v) is 1.51. The zero-order valence-corrected chi connectivity index (χ0v) is 6.98. The van der Waals surface area contributed by atoms with Crippen LogP contribution in [0.3, 0.4) is 0 Å². The van der Waals surface area contributed by atoms with Gasteiger partial charge in [-0.25, -0.2) is 0 Å². The molecule has 0 aromatic rings. The standard InChI is InChI=1S/C6H14O6.B/c7-1-3(9)5(11)6(12)4(10)2-8;/h3-12H,1-2H2;/t3-,4-,5-,6-;/m1./s1. The molecule has 13 heavy (non-hydrogen) atoms. The van der Waals surface area contributed by atoms with Gasteiger partial charge in [0.15, 0.2) is 0 Å². The van der Waals surface area contributed by atoms with Crippen molar-refractivity contribution in [3.63, 3.8) is 0 Å². The van der Waals surface area contributed by atoms with Gasteiger partial charge in [0.1, 0.15) is 24.4 Å². The van der Waals surface area contributed by atoms with Gasteiger partial charge < -0.3 is 30.6 Å². The van der Waals surface area contributed by atoms with Gasteiger partial charge in [0.25, 0.3) is 0 Å². The molecular formula is C6H14BO6. The lowest BCUT2D eigenvalue weighted by atomic mass is 10.0. The largest absolute Gasteiger partial charge is 0.394 e. The summed E-state index contributed by atoms with van der Waals surface area (Å²) in [7, 11) is 0. The van der Waals surface area contributed by atoms with Gasteiger partial charge in [-0.3, -0.25) is 0 Å². The predicted molar refractivity (Wildman–Crippen MR) is 44.0 cm³/mol. The summed E-state index contributed by atoms with van der Waals surface area (Å²) >= 11 is 0. The van der Waals surface area contributed by atoms with Gasteiger partial charge in [-0.2, -0.15) is 0 Å². The summed E-state index contributed by atoms with van der Waals surface area (Å²) in [5, 5.41) is 52.2. The van der Waals surface area contributed by atoms with Crippen LogP contribution in [0.2, 0.25) is 0 Å². The zero-order valence-electron chi connectivity index (χ0n) is 6.98. The van der Waals surface area contributed by atoms with Crippen LogP contribution in [0.15, 0.2) is 0 Å². The van der Waals surface area contributed by atoms with E-state index >= 15 is 0 Å². The van der Waals surface area contributed by atoms with Crippen molar-refractivity contribution in [3.05, 3.63) is 0 Å². The van der Waals surface area contributed by atoms with E-state index in [2.05, 4.69) is 0 Å². The van der Waals surface area contributed by atoms with E-state index in [4.69, 9.17) is 30.6 Å². The van der Waals surface area contributed by atoms with Gasteiger partial charge in [-0.05, 0) is 0 Å². The molecule has 0 unspecified atom stereocenters. The average Bonchev–Trinajstić information content (AvgIpc) is 2.12. The minimum Gasteiger partial charge on any atom is -0.394 e. The van der Waals surface area contributed by atoms with Crippen molar-refractivity contribution in [1.82, 2.24) is 0 Å². The smallest absolute Gasteiger partial charge is 0.111 e. The molecule has 0 fully saturated rings. The second-order valence-corrected chi connectivity index (χ2v) is 2.48. The first-order valence-electron chi connectivity index (χ1n) is 3.48. The first-order valence-corrected chi connectivity index (χ1v) is 3.48. The second kappa shape index (κ2) is 7.25. The maximum atomic E-state index is 8.96. The normalized spacial score (nSPS) is 19.8. The molecule has 6 nitrogen and oxygen atoms in total. The van der Waals surface area contributed by atoms with Gasteiger partial charge in [-0.15, -0.1) is 0 Å². The third-order valence-electron chi connectivity index (χ3n) is 1.51. The molecular weight excluding hydrogens is 179 g/mol. The van der Waals surface area contributed by atoms with E-state index in [0.29, 0.717) is 0 Å². The van der Waals surface area contributed by atoms with Gasteiger partial charge >= 0.3 is 0 Å². The molecule has 0 saturated heterocycles. The molecule has 4 atom stereocenters. The van der Waals surface area contributed by atoms with E-state index in [9.17, 15) is 0 Å². The number of rotatable bonds is 5. The Labute approximate surface area is 77.7 Å². The molecule has 77 valence electrons. The Morgan fingerprint density at radius 1 is 0.692 bits per heavy atom. The quantitative estimate of drug-likeness (QED) is 0.248. The minimum absolute atomic E-state index is 0. The van der Waals surface area contributed by atoms with Gasteiger partial charge in [0, 0.05) is 8.41 Å². The van der Waals surface area contributed by atoms with Crippen LogP contribution in [0.5, 0.6) is 0 Å². The van der Waals surface area contributed by atoms with E-state index in [1.165, 1.54) is 0 Å². The molecule has 0 bridgehead atoms. The van der Waals surface area contributed by atoms with E-state index in [-0.39, 0.29) is 8.41 Å². The molecule has 0 heterocycles. The second-order valence-electron chi connectivity index (χ2n) is 2.48. The van der Waals surface area contributed by atoms with Crippen molar-refractivity contribution < 1.29 is 30.6 Å². The van der Waals surface area contributed by atoms with Crippen LogP contribution < -0.4 is 0 Å². The first-order chi connectivity index (χ1) is 5.54. The lowest BCUT2D eigenvalue weighted by Gasteiger charge is -2.24. The van der Waals surface area contributed by atoms with Crippen LogP contribution >= 0.6 is 0 Å². The van der Waals surface area contributed by atoms with Crippen molar-refractivity contribution >= 4 is 8.41 Å². The highest BCUT2D eigenvalue weighted by Crippen LogP contribution is 2.03. The molecule has 0 amide bonds. The summed E-state index contributed by atoms with van der Waals surface area (Å²) in [6.45, 7) is -1.45. The predicted octanol–water partition coefficient (Wildman–Crippen LogP) is -3.97. The Morgan fingerprint density at radius 2 is 0.923 bits per heavy atom. The Hall–Kier alpha value is -0.175. The lowest BCUT2D eigenvalue weighted by molar-refractivity contribution is -0.123. The van der Waals surface area contributed by atoms with E-state index in [1.807, 2.05) is 0 Å². The van der Waals surface area contributed by atoms with Crippen LogP contribution in [0.1, 0.15) is 0 Å². The van der Waals surface area contributed by atoms with Crippen LogP contribution in [0.4, 0.5) is 0 Å². The van der Waals surface area contributed by atoms with Crippen molar-refractivity contribution in [2.24, 2.45) is 0 Å². The fraction of sp³-hybridized carbons (Fsp3) is 1.00. The maximum Gasteiger partial charge on any atom is 0.111 e. The SMILES string of the molecule is OC[C@@H](O)[C@@H](O)[C@H](O)[C@H](O)CO.[B]. The molecule has 0 aliphatic carbocycles. The van der Waals surface area contributed by atoms with Crippen molar-refractivity contribution in [2.75, 3.05) is 13.2 Å². The van der Waals surface area contributed by atoms with Crippen molar-refractivity contribution in [3.8, 4) is 0 Å². The fourth-order valence-electron chi connectivity index (χ4n) is 0.671. The minimum atomic E-state index is -1.67. The molecule has 0 aliphatic heterocycles. The Bertz CT molecular complexity index is 110. The van der Waals surface area contributed by atoms with Crippen molar-refractivity contribution in [1.29, 1.82) is 0 Å². The van der Waals surface area contributed by atoms with E-state index < -0.39 is 37.6 Å². The number of hydrogen-bond donors (Lipinski definition) is 6. The number of hydrogen-bond acceptors (Lipinski definition) is 6. The fourth-order valence-corrected chi connectivity index (χ4v) is 0.671. The molecule has 6 N–H and O–H groups in total. The Balaban J connectivity index is 0. The summed E-state index contributed by atoms with van der Waals surface area (Å²) in [5.74, 6) is 0. The summed E-state index contributed by atoms with van der Waals surface area (Å²) in [6, 6.07) is 0. The molecule has 0 aromatic heterocycles. The monoisotopic (exact) mass is 193 g/mol. The highest BCUT2D eigenvalue weighted by molar-refractivity contribution is 5.75. The molecule has 0 rings (SSSR count). The Morgan fingerprint density at radius 3 is 1.08 bits per heavy atom. The van der Waals surface area contributed by atoms with Crippen LogP contribution in [0.25, 0.3) is 0 Å². The van der Waals surface area contributed by atoms with Crippen molar-refractivity contribution in [2.45, 2.75) is 24.4 Å². The Kier molecular flexibility index (Phi) is 8.53. The number of aliphatic hydroxyl groups excluding tert-OH is 6. The summed E-state index contributed by atoms with van der Waals surface area (Å²) in [6.07, 6.45) is -6.39. The molecule has 0 spiro atoms. The zero-order chi connectivity index (χ0) is 9.72. The topological polar surface area (TPSA) is 121 Å². The molecule has 3 radical (unpaired) electrons. The summed E-state index contributed by atoms with van der Waals surface area (Å²) in [5.41, 5.74) is 0. The highest BCUT2D eigenvalue weighted by atomic mass is 16.4. The first kappa shape index (κ1) is 15.3. The van der Waals surface area contributed by atoms with Crippen LogP contribution in [-0.2, 0) is 0 Å². The molecule has 0 aliphatic rings. The summed E-state index contributed by atoms with van der Waals surface area (Å²) in [4.78, 5) is 0. The molecule has 0 saturated carbocycles. The molecule has 0 aromatic carbocycles. The van der Waals surface area contributed by atoms with Gasteiger partial charge in [0.05, 0.1) is 13.2 Å². The van der Waals surface area contributed by atoms with Gasteiger partial charge in [0.2, 0.25) is 0 Å². The van der Waals surface area contributed by atoms with E-state index in [0.717, 1.165) is 0 Å². The average molecular weight is 193 g/mol. The number of aliphatic hydroxyl groups is 6. The summed E-state index contributed by atoms with van der Waals surface area (Å²) < 4.78 is 0. The van der Waals surface area contributed by atoms with Gasteiger partial charge in [-0.1, -0.05) is 0 Å². The van der Waals surface area contributed by atoms with E-state index in [1.54, 1.807) is 0 Å². The molecule has 7 heteroatoms. The maximum absolute atomic E-state index is 8.96. The van der Waals surface area contributed by atoms with Crippen LogP contribution in [0, 0.1) is 0 Å².